The molecule has 18 nitrogen and oxygen atoms in total. The second-order valence-electron chi connectivity index (χ2n) is 15.6. The van der Waals surface area contributed by atoms with E-state index >= 15 is 0 Å². The second kappa shape index (κ2) is 21.4. The van der Waals surface area contributed by atoms with Crippen LogP contribution in [-0.4, -0.2) is 149 Å². The summed E-state index contributed by atoms with van der Waals surface area (Å²) in [6.45, 7) is -1.37. The fraction of sp³-hybridized carbons (Fsp3) is 0.391. The zero-order valence-electron chi connectivity index (χ0n) is 34.3. The summed E-state index contributed by atoms with van der Waals surface area (Å²) in [5, 5.41) is 100. The quantitative estimate of drug-likeness (QED) is 0.0468. The largest absolute Gasteiger partial charge is 0.481 e. The lowest BCUT2D eigenvalue weighted by molar-refractivity contribution is -0.277. The van der Waals surface area contributed by atoms with Crippen LogP contribution in [-0.2, 0) is 31.9 Å². The van der Waals surface area contributed by atoms with Gasteiger partial charge in [-0.25, -0.2) is 0 Å². The zero-order valence-corrected chi connectivity index (χ0v) is 34.3. The van der Waals surface area contributed by atoms with Crippen LogP contribution in [0.15, 0.2) is 84.9 Å². The number of carboxylic acids is 2. The summed E-state index contributed by atoms with van der Waals surface area (Å²) in [5.41, 5.74) is 2.92. The van der Waals surface area contributed by atoms with Gasteiger partial charge in [-0.2, -0.15) is 0 Å². The first-order chi connectivity index (χ1) is 30.6. The van der Waals surface area contributed by atoms with Crippen molar-refractivity contribution in [3.8, 4) is 33.8 Å². The topological polar surface area (TPSA) is 308 Å². The molecule has 10 atom stereocenters. The second-order valence-corrected chi connectivity index (χ2v) is 15.6. The van der Waals surface area contributed by atoms with Crippen LogP contribution in [0.2, 0.25) is 0 Å². The Kier molecular flexibility index (Phi) is 16.0. The molecule has 0 aromatic heterocycles. The smallest absolute Gasteiger partial charge is 0.307 e. The summed E-state index contributed by atoms with van der Waals surface area (Å²) < 4.78 is 23.0. The molecular weight excluding hydrogens is 840 g/mol. The number of rotatable bonds is 19. The van der Waals surface area contributed by atoms with E-state index in [9.17, 15) is 70.2 Å². The van der Waals surface area contributed by atoms with Crippen molar-refractivity contribution in [3.63, 3.8) is 0 Å². The lowest BCUT2D eigenvalue weighted by Crippen LogP contribution is -2.60. The predicted molar refractivity (Wildman–Crippen MR) is 222 cm³/mol. The van der Waals surface area contributed by atoms with E-state index < -0.39 is 86.6 Å². The maximum Gasteiger partial charge on any atom is 0.307 e. The Balaban J connectivity index is 1.18. The summed E-state index contributed by atoms with van der Waals surface area (Å²) in [4.78, 5) is 50.1. The first-order valence-electron chi connectivity index (χ1n) is 20.5. The molecule has 0 spiro atoms. The van der Waals surface area contributed by atoms with E-state index in [0.29, 0.717) is 46.2 Å². The molecule has 0 bridgehead atoms. The van der Waals surface area contributed by atoms with Crippen LogP contribution in [0.1, 0.15) is 57.5 Å². The molecular formula is C46H50O18. The molecule has 4 aromatic rings. The molecule has 18 heteroatoms. The SMILES string of the molecule is O=C(O)Cc1cccc(-c2cc(C(=O)CCCCC(=O)c3ccc(O[C@H]4O[C@H](CO)[C@@H](O)[C@H](O)[C@@H]4O)c(-c4cccc(CC(=O)O)c4)c3)ccc2O[C@H]2O[C@H](CO)[C@@H](O)[C@H](O)[C@@H]2O)c1. The molecule has 0 saturated carbocycles. The number of carbonyl (C=O) groups is 4. The fourth-order valence-corrected chi connectivity index (χ4v) is 7.55. The summed E-state index contributed by atoms with van der Waals surface area (Å²) in [6.07, 6.45) is -15.7. The van der Waals surface area contributed by atoms with Gasteiger partial charge in [-0.3, -0.25) is 19.2 Å². The number of ether oxygens (including phenoxy) is 4. The molecule has 0 radical (unpaired) electrons. The van der Waals surface area contributed by atoms with Gasteiger partial charge < -0.3 is 70.0 Å². The number of hydrogen-bond acceptors (Lipinski definition) is 16. The number of unbranched alkanes of at least 4 members (excludes halogenated alkanes) is 1. The van der Waals surface area contributed by atoms with E-state index in [4.69, 9.17) is 18.9 Å². The van der Waals surface area contributed by atoms with Crippen molar-refractivity contribution < 1.29 is 89.2 Å². The highest BCUT2D eigenvalue weighted by Crippen LogP contribution is 2.37. The molecule has 2 saturated heterocycles. The number of carboxylic acid groups (broad SMARTS) is 2. The standard InChI is InChI=1S/C46H50O18/c47-21-35-39(55)41(57)43(59)45(63-35)61-33-13-11-27(19-29(33)25-7-3-5-23(15-25)17-37(51)52)31(49)9-1-2-10-32(50)28-12-14-34(62-46-44(60)42(58)40(56)36(22-48)64-46)30(20-28)26-8-4-6-24(16-26)18-38(53)54/h3-8,11-16,19-20,35-36,39-48,55-60H,1-2,9-10,17-18,21-22H2,(H,51,52)(H,53,54)/t35-,36-,39-,40-,41+,42+,43+,44+,45+,46+/m1/s1. The molecule has 10 N–H and O–H groups in total. The van der Waals surface area contributed by atoms with Gasteiger partial charge in [0.15, 0.2) is 11.6 Å². The average molecular weight is 891 g/mol. The number of carbonyl (C=O) groups excluding carboxylic acids is 2. The molecule has 0 amide bonds. The molecule has 2 fully saturated rings. The maximum absolute atomic E-state index is 13.6. The fourth-order valence-electron chi connectivity index (χ4n) is 7.55. The van der Waals surface area contributed by atoms with Crippen molar-refractivity contribution in [1.29, 1.82) is 0 Å². The molecule has 2 aliphatic rings. The van der Waals surface area contributed by atoms with Crippen LogP contribution >= 0.6 is 0 Å². The van der Waals surface area contributed by atoms with E-state index in [1.165, 1.54) is 36.4 Å². The Hall–Kier alpha value is -5.64. The first kappa shape index (κ1) is 47.8. The van der Waals surface area contributed by atoms with Crippen molar-refractivity contribution in [1.82, 2.24) is 0 Å². The molecule has 342 valence electrons. The Bertz CT molecular complexity index is 2130. The minimum atomic E-state index is -1.72. The van der Waals surface area contributed by atoms with Gasteiger partial charge in [0.25, 0.3) is 0 Å². The highest BCUT2D eigenvalue weighted by atomic mass is 16.7. The van der Waals surface area contributed by atoms with Gasteiger partial charge in [0.2, 0.25) is 12.6 Å². The minimum Gasteiger partial charge on any atom is -0.481 e. The normalized spacial score (nSPS) is 25.6. The number of ketones is 2. The Morgan fingerprint density at radius 2 is 0.891 bits per heavy atom. The third-order valence-corrected chi connectivity index (χ3v) is 11.0. The first-order valence-corrected chi connectivity index (χ1v) is 20.5. The number of benzene rings is 4. The van der Waals surface area contributed by atoms with Crippen LogP contribution in [0, 0.1) is 0 Å². The molecule has 2 heterocycles. The molecule has 2 aliphatic heterocycles. The van der Waals surface area contributed by atoms with E-state index in [1.807, 2.05) is 0 Å². The molecule has 64 heavy (non-hydrogen) atoms. The van der Waals surface area contributed by atoms with E-state index in [-0.39, 0.29) is 59.9 Å². The highest BCUT2D eigenvalue weighted by Gasteiger charge is 2.46. The number of aliphatic hydroxyl groups excluding tert-OH is 8. The number of Topliss-reactive ketones (excluding diaryl/α,β-unsaturated/α-hetero) is 2. The van der Waals surface area contributed by atoms with Gasteiger partial charge in [0.1, 0.15) is 60.3 Å². The molecule has 0 aliphatic carbocycles. The summed E-state index contributed by atoms with van der Waals surface area (Å²) in [5.74, 6) is -2.58. The van der Waals surface area contributed by atoms with Crippen LogP contribution in [0.4, 0.5) is 0 Å². The van der Waals surface area contributed by atoms with Gasteiger partial charge in [-0.15, -0.1) is 0 Å². The van der Waals surface area contributed by atoms with Crippen LogP contribution in [0.25, 0.3) is 22.3 Å². The van der Waals surface area contributed by atoms with Gasteiger partial charge in [0.05, 0.1) is 26.1 Å². The molecule has 0 unspecified atom stereocenters. The number of aliphatic carboxylic acids is 2. The summed E-state index contributed by atoms with van der Waals surface area (Å²) >= 11 is 0. The van der Waals surface area contributed by atoms with Gasteiger partial charge in [-0.1, -0.05) is 48.5 Å². The van der Waals surface area contributed by atoms with Gasteiger partial charge in [-0.05, 0) is 71.5 Å². The van der Waals surface area contributed by atoms with Crippen LogP contribution in [0.3, 0.4) is 0 Å². The average Bonchev–Trinajstić information content (AvgIpc) is 3.27. The zero-order chi connectivity index (χ0) is 46.2. The molecule has 6 rings (SSSR count). The maximum atomic E-state index is 13.6. The third-order valence-electron chi connectivity index (χ3n) is 11.0. The van der Waals surface area contributed by atoms with Crippen molar-refractivity contribution in [2.75, 3.05) is 13.2 Å². The van der Waals surface area contributed by atoms with Crippen molar-refractivity contribution >= 4 is 23.5 Å². The van der Waals surface area contributed by atoms with Crippen LogP contribution < -0.4 is 9.47 Å². The van der Waals surface area contributed by atoms with Crippen molar-refractivity contribution in [3.05, 3.63) is 107 Å². The monoisotopic (exact) mass is 890 g/mol. The Labute approximate surface area is 366 Å². The van der Waals surface area contributed by atoms with E-state index in [2.05, 4.69) is 0 Å². The predicted octanol–water partition coefficient (Wildman–Crippen LogP) is 1.26. The Morgan fingerprint density at radius 1 is 0.500 bits per heavy atom. The summed E-state index contributed by atoms with van der Waals surface area (Å²) in [6, 6.07) is 21.8. The highest BCUT2D eigenvalue weighted by molar-refractivity contribution is 5.99. The minimum absolute atomic E-state index is 0.0200. The number of aliphatic hydroxyl groups is 8. The van der Waals surface area contributed by atoms with Crippen molar-refractivity contribution in [2.24, 2.45) is 0 Å². The molecule has 4 aromatic carbocycles. The van der Waals surface area contributed by atoms with Gasteiger partial charge in [0, 0.05) is 35.1 Å². The Morgan fingerprint density at radius 3 is 1.25 bits per heavy atom. The van der Waals surface area contributed by atoms with E-state index in [1.54, 1.807) is 48.5 Å². The van der Waals surface area contributed by atoms with E-state index in [0.717, 1.165) is 0 Å². The number of hydrogen-bond donors (Lipinski definition) is 10. The van der Waals surface area contributed by atoms with Gasteiger partial charge >= 0.3 is 11.9 Å². The van der Waals surface area contributed by atoms with Crippen molar-refractivity contribution in [2.45, 2.75) is 99.9 Å². The lowest BCUT2D eigenvalue weighted by Gasteiger charge is -2.39. The third kappa shape index (κ3) is 11.4. The van der Waals surface area contributed by atoms with Crippen LogP contribution in [0.5, 0.6) is 11.5 Å². The summed E-state index contributed by atoms with van der Waals surface area (Å²) in [7, 11) is 0. The lowest BCUT2D eigenvalue weighted by atomic mass is 9.95.